The molecule has 162 valence electrons. The van der Waals surface area contributed by atoms with Crippen molar-refractivity contribution in [1.82, 2.24) is 24.7 Å². The van der Waals surface area contributed by atoms with E-state index < -0.39 is 11.7 Å². The number of nitrogens with one attached hydrogen (secondary N) is 1. The van der Waals surface area contributed by atoms with Crippen molar-refractivity contribution in [3.63, 3.8) is 0 Å². The Bertz CT molecular complexity index is 1150. The standard InChI is InChI=1S/C20H21F2N7O2/c1-11(30)25-16-7-15-14(8-24-16)18(28-9-12-3-4-13(10-28)31-12)27-29(15)17-5-6-23-19(26-17)20(2,21)22/h5-8,12-13H,3-4,9-10H2,1-2H3,(H,24,25,30). The molecule has 0 spiro atoms. The monoisotopic (exact) mass is 429 g/mol. The maximum Gasteiger partial charge on any atom is 0.303 e. The van der Waals surface area contributed by atoms with E-state index in [9.17, 15) is 13.6 Å². The van der Waals surface area contributed by atoms with Gasteiger partial charge in [-0.2, -0.15) is 8.78 Å². The maximum atomic E-state index is 13.8. The van der Waals surface area contributed by atoms with E-state index >= 15 is 0 Å². The highest BCUT2D eigenvalue weighted by Crippen LogP contribution is 2.34. The molecular weight excluding hydrogens is 408 g/mol. The minimum atomic E-state index is -3.19. The minimum Gasteiger partial charge on any atom is -0.371 e. The Morgan fingerprint density at radius 3 is 2.68 bits per heavy atom. The molecule has 0 saturated carbocycles. The van der Waals surface area contributed by atoms with Gasteiger partial charge in [-0.05, 0) is 12.8 Å². The largest absolute Gasteiger partial charge is 0.371 e. The molecule has 5 rings (SSSR count). The van der Waals surface area contributed by atoms with Gasteiger partial charge in [-0.1, -0.05) is 0 Å². The van der Waals surface area contributed by atoms with Crippen LogP contribution in [0.15, 0.2) is 24.5 Å². The quantitative estimate of drug-likeness (QED) is 0.681. The number of fused-ring (bicyclic) bond motifs is 3. The average molecular weight is 429 g/mol. The topological polar surface area (TPSA) is 98.1 Å². The van der Waals surface area contributed by atoms with Crippen LogP contribution in [-0.2, 0) is 15.5 Å². The van der Waals surface area contributed by atoms with E-state index in [1.807, 2.05) is 0 Å². The summed E-state index contributed by atoms with van der Waals surface area (Å²) in [6, 6.07) is 3.18. The molecule has 1 N–H and O–H groups in total. The molecule has 1 amide bonds. The average Bonchev–Trinajstić information content (AvgIpc) is 3.26. The first kappa shape index (κ1) is 19.7. The third-order valence-electron chi connectivity index (χ3n) is 5.44. The molecule has 2 atom stereocenters. The highest BCUT2D eigenvalue weighted by molar-refractivity contribution is 5.95. The number of hydrogen-bond acceptors (Lipinski definition) is 7. The number of rotatable bonds is 4. The molecule has 9 nitrogen and oxygen atoms in total. The molecule has 0 radical (unpaired) electrons. The van der Waals surface area contributed by atoms with Gasteiger partial charge in [0.1, 0.15) is 5.82 Å². The van der Waals surface area contributed by atoms with Crippen LogP contribution in [0.5, 0.6) is 0 Å². The molecule has 3 aromatic heterocycles. The van der Waals surface area contributed by atoms with Crippen molar-refractivity contribution in [1.29, 1.82) is 0 Å². The normalized spacial score (nSPS) is 21.0. The van der Waals surface area contributed by atoms with Crippen molar-refractivity contribution in [2.45, 2.75) is 44.8 Å². The van der Waals surface area contributed by atoms with E-state index in [4.69, 9.17) is 9.84 Å². The van der Waals surface area contributed by atoms with Gasteiger partial charge in [0.25, 0.3) is 0 Å². The van der Waals surface area contributed by atoms with E-state index in [2.05, 4.69) is 25.2 Å². The van der Waals surface area contributed by atoms with Crippen LogP contribution >= 0.6 is 0 Å². The van der Waals surface area contributed by atoms with E-state index in [1.54, 1.807) is 12.3 Å². The van der Waals surface area contributed by atoms with Crippen molar-refractivity contribution >= 4 is 28.4 Å². The number of pyridine rings is 1. The van der Waals surface area contributed by atoms with E-state index in [-0.39, 0.29) is 23.9 Å². The first-order valence-corrected chi connectivity index (χ1v) is 10.1. The number of carbonyl (C=O) groups excluding carboxylic acids is 1. The van der Waals surface area contributed by atoms with Crippen LogP contribution in [0.2, 0.25) is 0 Å². The van der Waals surface area contributed by atoms with Gasteiger partial charge in [0.2, 0.25) is 11.7 Å². The van der Waals surface area contributed by atoms with Gasteiger partial charge in [-0.25, -0.2) is 19.6 Å². The Morgan fingerprint density at radius 2 is 2.00 bits per heavy atom. The molecule has 2 aliphatic heterocycles. The zero-order valence-electron chi connectivity index (χ0n) is 17.0. The van der Waals surface area contributed by atoms with Gasteiger partial charge < -0.3 is 15.0 Å². The maximum absolute atomic E-state index is 13.8. The fraction of sp³-hybridized carbons (Fsp3) is 0.450. The predicted octanol–water partition coefficient (Wildman–Crippen LogP) is 2.65. The first-order valence-electron chi connectivity index (χ1n) is 10.1. The first-order chi connectivity index (χ1) is 14.8. The number of ether oxygens (including phenoxy) is 1. The predicted molar refractivity (Wildman–Crippen MR) is 108 cm³/mol. The van der Waals surface area contributed by atoms with Crippen molar-refractivity contribution in [2.75, 3.05) is 23.3 Å². The Morgan fingerprint density at radius 1 is 1.26 bits per heavy atom. The lowest BCUT2D eigenvalue weighted by Gasteiger charge is -2.32. The summed E-state index contributed by atoms with van der Waals surface area (Å²) in [4.78, 5) is 25.7. The lowest BCUT2D eigenvalue weighted by atomic mass is 10.2. The molecule has 2 aliphatic rings. The summed E-state index contributed by atoms with van der Waals surface area (Å²) in [7, 11) is 0. The number of hydrogen-bond donors (Lipinski definition) is 1. The molecule has 2 unspecified atom stereocenters. The zero-order valence-corrected chi connectivity index (χ0v) is 17.0. The van der Waals surface area contributed by atoms with Crippen LogP contribution in [0.4, 0.5) is 20.4 Å². The minimum absolute atomic E-state index is 0.148. The Labute approximate surface area is 176 Å². The molecule has 5 heterocycles. The number of aromatic nitrogens is 5. The molecule has 2 bridgehead atoms. The second kappa shape index (κ2) is 7.19. The number of nitrogens with zero attached hydrogens (tertiary/aromatic N) is 6. The summed E-state index contributed by atoms with van der Waals surface area (Å²) < 4.78 is 35.1. The lowest BCUT2D eigenvalue weighted by molar-refractivity contribution is -0.114. The number of carbonyl (C=O) groups is 1. The number of alkyl halides is 2. The fourth-order valence-electron chi connectivity index (χ4n) is 4.12. The molecule has 3 aromatic rings. The summed E-state index contributed by atoms with van der Waals surface area (Å²) in [5.41, 5.74) is 0.594. The molecule has 0 aliphatic carbocycles. The lowest BCUT2D eigenvalue weighted by Crippen LogP contribution is -2.43. The van der Waals surface area contributed by atoms with E-state index in [0.717, 1.165) is 25.2 Å². The number of anilines is 2. The molecule has 31 heavy (non-hydrogen) atoms. The second-order valence-electron chi connectivity index (χ2n) is 7.99. The van der Waals surface area contributed by atoms with Gasteiger partial charge in [0.05, 0.1) is 23.1 Å². The van der Waals surface area contributed by atoms with Crippen LogP contribution in [0.3, 0.4) is 0 Å². The zero-order chi connectivity index (χ0) is 21.8. The summed E-state index contributed by atoms with van der Waals surface area (Å²) in [6.07, 6.45) is 5.22. The van der Waals surface area contributed by atoms with Crippen LogP contribution in [0.25, 0.3) is 16.7 Å². The third kappa shape index (κ3) is 3.69. The van der Waals surface area contributed by atoms with Gasteiger partial charge in [-0.15, -0.1) is 5.10 Å². The Balaban J connectivity index is 1.65. The van der Waals surface area contributed by atoms with Gasteiger partial charge >= 0.3 is 5.92 Å². The van der Waals surface area contributed by atoms with Crippen LogP contribution in [0.1, 0.15) is 32.5 Å². The molecule has 2 fully saturated rings. The third-order valence-corrected chi connectivity index (χ3v) is 5.44. The summed E-state index contributed by atoms with van der Waals surface area (Å²) in [6.45, 7) is 3.52. The molecule has 2 saturated heterocycles. The van der Waals surface area contributed by atoms with Crippen LogP contribution in [0, 0.1) is 0 Å². The second-order valence-corrected chi connectivity index (χ2v) is 7.99. The van der Waals surface area contributed by atoms with Gasteiger partial charge in [-0.3, -0.25) is 4.79 Å². The van der Waals surface area contributed by atoms with Gasteiger partial charge in [0, 0.05) is 51.5 Å². The smallest absolute Gasteiger partial charge is 0.303 e. The van der Waals surface area contributed by atoms with Crippen LogP contribution < -0.4 is 10.2 Å². The summed E-state index contributed by atoms with van der Waals surface area (Å²) >= 11 is 0. The highest BCUT2D eigenvalue weighted by Gasteiger charge is 2.36. The molecule has 0 aromatic carbocycles. The van der Waals surface area contributed by atoms with Crippen LogP contribution in [-0.4, -0.2) is 55.9 Å². The molecule has 11 heteroatoms. The number of halogens is 2. The number of amides is 1. The van der Waals surface area contributed by atoms with Crippen molar-refractivity contribution < 1.29 is 18.3 Å². The molecular formula is C20H21F2N7O2. The van der Waals surface area contributed by atoms with Gasteiger partial charge in [0.15, 0.2) is 11.6 Å². The number of morpholine rings is 1. The Kier molecular flexibility index (Phi) is 4.58. The van der Waals surface area contributed by atoms with Crippen molar-refractivity contribution in [3.05, 3.63) is 30.4 Å². The highest BCUT2D eigenvalue weighted by atomic mass is 19.3. The fourth-order valence-corrected chi connectivity index (χ4v) is 4.12. The summed E-state index contributed by atoms with van der Waals surface area (Å²) in [5.74, 6) is -2.81. The van der Waals surface area contributed by atoms with Crippen molar-refractivity contribution in [3.8, 4) is 5.82 Å². The van der Waals surface area contributed by atoms with Crippen molar-refractivity contribution in [2.24, 2.45) is 0 Å². The summed E-state index contributed by atoms with van der Waals surface area (Å²) in [5, 5.41) is 8.10. The van der Waals surface area contributed by atoms with E-state index in [0.29, 0.717) is 30.2 Å². The SMILES string of the molecule is CC(=O)Nc1cc2c(cn1)c(N1CC3CCC(C1)O3)nn2-c1ccnc(C(C)(F)F)n1. The van der Waals surface area contributed by atoms with E-state index in [1.165, 1.54) is 23.9 Å². The Hall–Kier alpha value is -3.21.